The lowest BCUT2D eigenvalue weighted by molar-refractivity contribution is 0.593. The van der Waals surface area contributed by atoms with Crippen molar-refractivity contribution in [2.24, 2.45) is 5.73 Å². The van der Waals surface area contributed by atoms with Gasteiger partial charge in [0.1, 0.15) is 0 Å². The second-order valence-electron chi connectivity index (χ2n) is 1.71. The summed E-state index contributed by atoms with van der Waals surface area (Å²) in [7, 11) is 0. The third kappa shape index (κ3) is 4.76. The molecule has 0 aliphatic heterocycles. The average Bonchev–Trinajstić information content (AvgIpc) is 1.84. The highest BCUT2D eigenvalue weighted by Crippen LogP contribution is 2.55. The van der Waals surface area contributed by atoms with Gasteiger partial charge in [0.15, 0.2) is 6.34 Å². The van der Waals surface area contributed by atoms with Crippen LogP contribution in [0.25, 0.3) is 0 Å². The van der Waals surface area contributed by atoms with Crippen molar-refractivity contribution in [2.75, 3.05) is 19.0 Å². The Bertz CT molecular complexity index is 137. The smallest absolute Gasteiger partial charge is 0.156 e. The fourth-order valence-corrected chi connectivity index (χ4v) is 2.58. The quantitative estimate of drug-likeness (QED) is 0.645. The summed E-state index contributed by atoms with van der Waals surface area (Å²) < 4.78 is 11.1. The maximum absolute atomic E-state index is 11.1. The fraction of sp³-hybridized carbons (Fsp3) is 0.600. The molecule has 0 rings (SSSR count). The first-order valence-electron chi connectivity index (χ1n) is 2.68. The van der Waals surface area contributed by atoms with E-state index >= 15 is 0 Å². The second-order valence-corrected chi connectivity index (χ2v) is 7.51. The van der Waals surface area contributed by atoms with E-state index in [0.717, 1.165) is 5.75 Å². The van der Waals surface area contributed by atoms with Gasteiger partial charge < -0.3 is 10.3 Å². The molecule has 4 heteroatoms. The van der Waals surface area contributed by atoms with Crippen LogP contribution in [0.1, 0.15) is 0 Å². The van der Waals surface area contributed by atoms with Crippen LogP contribution >= 0.6 is 17.7 Å². The van der Waals surface area contributed by atoms with Gasteiger partial charge in [0.05, 0.1) is 0 Å². The number of nitrogens with two attached hydrogens (primary N) is 1. The molecule has 0 spiro atoms. The topological polar surface area (TPSA) is 43.1 Å². The lowest BCUT2D eigenvalue weighted by Crippen LogP contribution is -2.00. The van der Waals surface area contributed by atoms with Crippen LogP contribution in [-0.2, 0) is 4.57 Å². The van der Waals surface area contributed by atoms with E-state index in [2.05, 4.69) is 6.58 Å². The SMILES string of the molecule is C=CP(C)(=O)SCCN. The number of hydrogen-bond acceptors (Lipinski definition) is 3. The summed E-state index contributed by atoms with van der Waals surface area (Å²) in [5, 5.41) is 0. The lowest BCUT2D eigenvalue weighted by Gasteiger charge is -2.03. The van der Waals surface area contributed by atoms with Gasteiger partial charge in [-0.05, 0) is 5.82 Å². The zero-order valence-electron chi connectivity index (χ0n) is 5.54. The molecule has 0 aromatic rings. The summed E-state index contributed by atoms with van der Waals surface area (Å²) in [6.07, 6.45) is -2.09. The summed E-state index contributed by atoms with van der Waals surface area (Å²) in [4.78, 5) is 0. The molecule has 2 N–H and O–H groups in total. The zero-order chi connectivity index (χ0) is 7.33. The summed E-state index contributed by atoms with van der Waals surface area (Å²) >= 11 is 1.39. The Morgan fingerprint density at radius 1 is 1.89 bits per heavy atom. The first-order valence-corrected chi connectivity index (χ1v) is 6.49. The van der Waals surface area contributed by atoms with Crippen molar-refractivity contribution in [2.45, 2.75) is 0 Å². The molecule has 1 unspecified atom stereocenters. The van der Waals surface area contributed by atoms with Crippen molar-refractivity contribution in [3.63, 3.8) is 0 Å². The lowest BCUT2D eigenvalue weighted by atomic mass is 10.8. The first-order chi connectivity index (χ1) is 4.12. The summed E-state index contributed by atoms with van der Waals surface area (Å²) in [6.45, 7) is 5.73. The normalized spacial score (nSPS) is 16.7. The Kier molecular flexibility index (Phi) is 4.28. The van der Waals surface area contributed by atoms with E-state index in [0.29, 0.717) is 6.54 Å². The van der Waals surface area contributed by atoms with Crippen molar-refractivity contribution < 1.29 is 4.57 Å². The third-order valence-electron chi connectivity index (χ3n) is 0.797. The molecule has 1 atom stereocenters. The molecule has 0 saturated carbocycles. The van der Waals surface area contributed by atoms with E-state index in [1.165, 1.54) is 17.2 Å². The maximum Gasteiger partial charge on any atom is 0.156 e. The van der Waals surface area contributed by atoms with Gasteiger partial charge in [-0.2, -0.15) is 0 Å². The molecule has 0 heterocycles. The molecule has 0 bridgehead atoms. The van der Waals surface area contributed by atoms with Crippen LogP contribution in [0.5, 0.6) is 0 Å². The molecule has 0 radical (unpaired) electrons. The maximum atomic E-state index is 11.1. The highest BCUT2D eigenvalue weighted by Gasteiger charge is 2.07. The minimum absolute atomic E-state index is 0.580. The van der Waals surface area contributed by atoms with Crippen LogP contribution in [0.15, 0.2) is 12.4 Å². The molecule has 0 aliphatic rings. The predicted molar refractivity (Wildman–Crippen MR) is 45.2 cm³/mol. The van der Waals surface area contributed by atoms with Crippen LogP contribution < -0.4 is 5.73 Å². The Balaban J connectivity index is 3.59. The summed E-state index contributed by atoms with van der Waals surface area (Å²) in [5.74, 6) is 2.26. The number of rotatable bonds is 4. The number of hydrogen-bond donors (Lipinski definition) is 1. The van der Waals surface area contributed by atoms with Crippen molar-refractivity contribution >= 4 is 17.7 Å². The van der Waals surface area contributed by atoms with Crippen LogP contribution in [0.4, 0.5) is 0 Å². The second kappa shape index (κ2) is 4.15. The van der Waals surface area contributed by atoms with E-state index in [4.69, 9.17) is 5.73 Å². The molecule has 0 amide bonds. The van der Waals surface area contributed by atoms with Crippen molar-refractivity contribution in [3.8, 4) is 0 Å². The van der Waals surface area contributed by atoms with Gasteiger partial charge >= 0.3 is 0 Å². The van der Waals surface area contributed by atoms with E-state index in [-0.39, 0.29) is 0 Å². The zero-order valence-corrected chi connectivity index (χ0v) is 7.25. The van der Waals surface area contributed by atoms with Crippen molar-refractivity contribution in [3.05, 3.63) is 12.4 Å². The van der Waals surface area contributed by atoms with E-state index in [9.17, 15) is 4.57 Å². The molecule has 0 fully saturated rings. The van der Waals surface area contributed by atoms with E-state index < -0.39 is 6.34 Å². The van der Waals surface area contributed by atoms with Gasteiger partial charge in [0.25, 0.3) is 0 Å². The molecule has 9 heavy (non-hydrogen) atoms. The molecular formula is C5H12NOPS. The fourth-order valence-electron chi connectivity index (χ4n) is 0.287. The monoisotopic (exact) mass is 165 g/mol. The molecular weight excluding hydrogens is 153 g/mol. The van der Waals surface area contributed by atoms with Gasteiger partial charge in [-0.3, -0.25) is 0 Å². The van der Waals surface area contributed by atoms with Crippen LogP contribution in [0.2, 0.25) is 0 Å². The molecule has 0 saturated heterocycles. The van der Waals surface area contributed by atoms with Crippen LogP contribution in [-0.4, -0.2) is 19.0 Å². The largest absolute Gasteiger partial charge is 0.330 e. The van der Waals surface area contributed by atoms with E-state index in [1.54, 1.807) is 6.66 Å². The highest BCUT2D eigenvalue weighted by molar-refractivity contribution is 8.58. The molecule has 54 valence electrons. The van der Waals surface area contributed by atoms with Crippen molar-refractivity contribution in [1.82, 2.24) is 0 Å². The molecule has 0 aromatic carbocycles. The van der Waals surface area contributed by atoms with Crippen LogP contribution in [0.3, 0.4) is 0 Å². The van der Waals surface area contributed by atoms with Gasteiger partial charge in [0, 0.05) is 19.0 Å². The summed E-state index contributed by atoms with van der Waals surface area (Å²) in [6, 6.07) is 0. The Labute approximate surface area is 60.0 Å². The van der Waals surface area contributed by atoms with Gasteiger partial charge in [-0.1, -0.05) is 18.0 Å². The van der Waals surface area contributed by atoms with Crippen molar-refractivity contribution in [1.29, 1.82) is 0 Å². The Morgan fingerprint density at radius 3 is 2.78 bits per heavy atom. The average molecular weight is 165 g/mol. The summed E-state index contributed by atoms with van der Waals surface area (Å²) in [5.41, 5.74) is 5.21. The highest BCUT2D eigenvalue weighted by atomic mass is 32.7. The third-order valence-corrected chi connectivity index (χ3v) is 4.92. The van der Waals surface area contributed by atoms with Gasteiger partial charge in [-0.15, -0.1) is 0 Å². The van der Waals surface area contributed by atoms with Gasteiger partial charge in [-0.25, -0.2) is 0 Å². The Morgan fingerprint density at radius 2 is 2.44 bits per heavy atom. The Hall–Kier alpha value is 0.280. The van der Waals surface area contributed by atoms with Crippen LogP contribution in [0, 0.1) is 0 Å². The van der Waals surface area contributed by atoms with Gasteiger partial charge in [0.2, 0.25) is 0 Å². The van der Waals surface area contributed by atoms with E-state index in [1.807, 2.05) is 0 Å². The molecule has 0 aromatic heterocycles. The standard InChI is InChI=1S/C5H12NOPS/c1-3-8(2,7)9-5-4-6/h3H,1,4-6H2,2H3. The predicted octanol–water partition coefficient (Wildman–Crippen LogP) is 1.73. The first kappa shape index (κ1) is 9.28. The minimum atomic E-state index is -2.09. The minimum Gasteiger partial charge on any atom is -0.330 e. The molecule has 2 nitrogen and oxygen atoms in total. The molecule has 0 aliphatic carbocycles.